The van der Waals surface area contributed by atoms with Crippen LogP contribution in [0.25, 0.3) is 10.2 Å². The maximum atomic E-state index is 14.1. The molecule has 9 heteroatoms. The van der Waals surface area contributed by atoms with Gasteiger partial charge in [0.1, 0.15) is 11.3 Å². The van der Waals surface area contributed by atoms with E-state index in [0.717, 1.165) is 37.4 Å². The largest absolute Gasteiger partial charge is 0.416 e. The average Bonchev–Trinajstić information content (AvgIpc) is 3.16. The Morgan fingerprint density at radius 1 is 1.03 bits per heavy atom. The van der Waals surface area contributed by atoms with Crippen molar-refractivity contribution in [3.8, 4) is 0 Å². The summed E-state index contributed by atoms with van der Waals surface area (Å²) in [7, 11) is 0. The number of carbonyl (C=O) groups is 1. The van der Waals surface area contributed by atoms with Gasteiger partial charge in [0.15, 0.2) is 5.13 Å². The summed E-state index contributed by atoms with van der Waals surface area (Å²) in [4.78, 5) is 21.0. The highest BCUT2D eigenvalue weighted by Crippen LogP contribution is 2.32. The molecule has 4 nitrogen and oxygen atoms in total. The molecule has 1 amide bonds. The van der Waals surface area contributed by atoms with Crippen LogP contribution in [0.15, 0.2) is 42.5 Å². The van der Waals surface area contributed by atoms with Gasteiger partial charge in [-0.2, -0.15) is 13.2 Å². The van der Waals surface area contributed by atoms with E-state index in [4.69, 9.17) is 0 Å². The van der Waals surface area contributed by atoms with Gasteiger partial charge in [-0.1, -0.05) is 31.3 Å². The van der Waals surface area contributed by atoms with E-state index >= 15 is 0 Å². The van der Waals surface area contributed by atoms with Crippen LogP contribution >= 0.6 is 11.3 Å². The molecule has 0 aliphatic heterocycles. The van der Waals surface area contributed by atoms with Crippen LogP contribution in [-0.2, 0) is 6.18 Å². The Balaban J connectivity index is 1.95. The molecule has 3 rings (SSSR count). The summed E-state index contributed by atoms with van der Waals surface area (Å²) in [6.07, 6.45) is -4.48. The molecular formula is C21H21F4N3OS. The first kappa shape index (κ1) is 22.2. The molecule has 30 heavy (non-hydrogen) atoms. The Kier molecular flexibility index (Phi) is 6.72. The van der Waals surface area contributed by atoms with Crippen molar-refractivity contribution in [2.45, 2.75) is 20.0 Å². The molecule has 0 N–H and O–H groups in total. The van der Waals surface area contributed by atoms with Crippen LogP contribution in [0, 0.1) is 5.82 Å². The summed E-state index contributed by atoms with van der Waals surface area (Å²) in [5, 5.41) is 0.312. The van der Waals surface area contributed by atoms with Crippen LogP contribution in [-0.4, -0.2) is 42.0 Å². The SMILES string of the molecule is CCN(CC)CCN(C(=O)c1ccc(C(F)(F)F)cc1)c1nc2c(F)cccc2s1. The molecule has 0 saturated carbocycles. The molecule has 1 heterocycles. The van der Waals surface area contributed by atoms with Crippen molar-refractivity contribution in [2.75, 3.05) is 31.1 Å². The summed E-state index contributed by atoms with van der Waals surface area (Å²) >= 11 is 1.17. The van der Waals surface area contributed by atoms with E-state index in [1.165, 1.54) is 22.3 Å². The van der Waals surface area contributed by atoms with Crippen LogP contribution in [0.4, 0.5) is 22.7 Å². The van der Waals surface area contributed by atoms with Gasteiger partial charge in [0, 0.05) is 18.7 Å². The van der Waals surface area contributed by atoms with Gasteiger partial charge in [-0.15, -0.1) is 0 Å². The summed E-state index contributed by atoms with van der Waals surface area (Å²) in [5.41, 5.74) is -0.538. The number of benzene rings is 2. The maximum absolute atomic E-state index is 14.1. The predicted molar refractivity (Wildman–Crippen MR) is 110 cm³/mol. The second-order valence-electron chi connectivity index (χ2n) is 6.64. The number of rotatable bonds is 7. The van der Waals surface area contributed by atoms with E-state index in [0.29, 0.717) is 16.4 Å². The summed E-state index contributed by atoms with van der Waals surface area (Å²) in [5.74, 6) is -0.962. The molecule has 0 unspecified atom stereocenters. The lowest BCUT2D eigenvalue weighted by molar-refractivity contribution is -0.137. The summed E-state index contributed by atoms with van der Waals surface area (Å²) in [6, 6.07) is 8.65. The molecule has 0 atom stereocenters. The normalized spacial score (nSPS) is 12.0. The number of likely N-dealkylation sites (N-methyl/N-ethyl adjacent to an activating group) is 1. The van der Waals surface area contributed by atoms with Crippen molar-refractivity contribution in [1.82, 2.24) is 9.88 Å². The van der Waals surface area contributed by atoms with Crippen molar-refractivity contribution in [3.05, 3.63) is 59.4 Å². The van der Waals surface area contributed by atoms with Crippen LogP contribution in [0.2, 0.25) is 0 Å². The average molecular weight is 439 g/mol. The first-order valence-corrected chi connectivity index (χ1v) is 10.3. The Bertz CT molecular complexity index is 1010. The monoisotopic (exact) mass is 439 g/mol. The van der Waals surface area contributed by atoms with Crippen LogP contribution in [0.1, 0.15) is 29.8 Å². The second kappa shape index (κ2) is 9.09. The van der Waals surface area contributed by atoms with Gasteiger partial charge in [0.05, 0.1) is 10.3 Å². The Morgan fingerprint density at radius 2 is 1.70 bits per heavy atom. The molecule has 0 fully saturated rings. The molecule has 0 radical (unpaired) electrons. The second-order valence-corrected chi connectivity index (χ2v) is 7.65. The van der Waals surface area contributed by atoms with Crippen LogP contribution in [0.5, 0.6) is 0 Å². The highest BCUT2D eigenvalue weighted by molar-refractivity contribution is 7.22. The minimum atomic E-state index is -4.48. The molecule has 2 aromatic carbocycles. The van der Waals surface area contributed by atoms with Crippen molar-refractivity contribution in [2.24, 2.45) is 0 Å². The first-order valence-electron chi connectivity index (χ1n) is 9.51. The third-order valence-electron chi connectivity index (χ3n) is 4.83. The predicted octanol–water partition coefficient (Wildman–Crippen LogP) is 5.44. The number of hydrogen-bond acceptors (Lipinski definition) is 4. The zero-order valence-corrected chi connectivity index (χ0v) is 17.4. The van der Waals surface area contributed by atoms with E-state index in [9.17, 15) is 22.4 Å². The van der Waals surface area contributed by atoms with Crippen molar-refractivity contribution >= 4 is 32.6 Å². The minimum absolute atomic E-state index is 0.113. The number of alkyl halides is 3. The fraction of sp³-hybridized carbons (Fsp3) is 0.333. The molecule has 160 valence electrons. The van der Waals surface area contributed by atoms with Crippen molar-refractivity contribution in [3.63, 3.8) is 0 Å². The fourth-order valence-electron chi connectivity index (χ4n) is 3.04. The lowest BCUT2D eigenvalue weighted by Gasteiger charge is -2.24. The first-order chi connectivity index (χ1) is 14.2. The van der Waals surface area contributed by atoms with E-state index in [1.54, 1.807) is 12.1 Å². The number of carbonyl (C=O) groups excluding carboxylic acids is 1. The van der Waals surface area contributed by atoms with Crippen molar-refractivity contribution < 1.29 is 22.4 Å². The molecule has 3 aromatic rings. The Hall–Kier alpha value is -2.52. The molecule has 0 bridgehead atoms. The number of fused-ring (bicyclic) bond motifs is 1. The van der Waals surface area contributed by atoms with Crippen LogP contribution in [0.3, 0.4) is 0 Å². The zero-order valence-electron chi connectivity index (χ0n) is 16.5. The summed E-state index contributed by atoms with van der Waals surface area (Å²) < 4.78 is 53.2. The van der Waals surface area contributed by atoms with Gasteiger partial charge in [0.2, 0.25) is 0 Å². The number of hydrogen-bond donors (Lipinski definition) is 0. The summed E-state index contributed by atoms with van der Waals surface area (Å²) in [6.45, 7) is 6.40. The van der Waals surface area contributed by atoms with E-state index in [-0.39, 0.29) is 17.6 Å². The fourth-order valence-corrected chi connectivity index (χ4v) is 4.05. The van der Waals surface area contributed by atoms with Gasteiger partial charge < -0.3 is 4.90 Å². The molecule has 0 spiro atoms. The third-order valence-corrected chi connectivity index (χ3v) is 5.87. The standard InChI is InChI=1S/C21H21F4N3OS/c1-3-27(4-2)12-13-28(20-26-18-16(22)6-5-7-17(18)30-20)19(29)14-8-10-15(11-9-14)21(23,24)25/h5-11H,3-4,12-13H2,1-2H3. The molecule has 1 aromatic heterocycles. The number of halogens is 4. The van der Waals surface area contributed by atoms with Crippen molar-refractivity contribution in [1.29, 1.82) is 0 Å². The van der Waals surface area contributed by atoms with E-state index in [1.807, 2.05) is 13.8 Å². The maximum Gasteiger partial charge on any atom is 0.416 e. The lowest BCUT2D eigenvalue weighted by atomic mass is 10.1. The highest BCUT2D eigenvalue weighted by Gasteiger charge is 2.31. The smallest absolute Gasteiger partial charge is 0.302 e. The van der Waals surface area contributed by atoms with Gasteiger partial charge in [-0.25, -0.2) is 9.37 Å². The minimum Gasteiger partial charge on any atom is -0.302 e. The topological polar surface area (TPSA) is 36.4 Å². The zero-order chi connectivity index (χ0) is 21.9. The number of para-hydroxylation sites is 1. The molecule has 0 aliphatic rings. The van der Waals surface area contributed by atoms with Crippen LogP contribution < -0.4 is 4.90 Å². The third kappa shape index (κ3) is 4.79. The Morgan fingerprint density at radius 3 is 2.27 bits per heavy atom. The molecule has 0 aliphatic carbocycles. The van der Waals surface area contributed by atoms with Gasteiger partial charge in [-0.3, -0.25) is 9.69 Å². The quantitative estimate of drug-likeness (QED) is 0.460. The molecular weight excluding hydrogens is 418 g/mol. The van der Waals surface area contributed by atoms with Gasteiger partial charge in [-0.05, 0) is 49.5 Å². The molecule has 0 saturated heterocycles. The number of amides is 1. The number of aromatic nitrogens is 1. The van der Waals surface area contributed by atoms with E-state index < -0.39 is 23.5 Å². The number of anilines is 1. The Labute approximate surface area is 175 Å². The number of nitrogens with zero attached hydrogens (tertiary/aromatic N) is 3. The highest BCUT2D eigenvalue weighted by atomic mass is 32.1. The van der Waals surface area contributed by atoms with Gasteiger partial charge >= 0.3 is 6.18 Å². The van der Waals surface area contributed by atoms with E-state index in [2.05, 4.69) is 9.88 Å². The lowest BCUT2D eigenvalue weighted by Crippen LogP contribution is -2.38. The van der Waals surface area contributed by atoms with Gasteiger partial charge in [0.25, 0.3) is 5.91 Å². The number of thiazole rings is 1.